The molecule has 4 rings (SSSR count). The van der Waals surface area contributed by atoms with Crippen LogP contribution >= 0.6 is 0 Å². The molecule has 33 heavy (non-hydrogen) atoms. The lowest BCUT2D eigenvalue weighted by molar-refractivity contribution is -0.121. The van der Waals surface area contributed by atoms with Crippen molar-refractivity contribution in [3.63, 3.8) is 0 Å². The van der Waals surface area contributed by atoms with Gasteiger partial charge in [0.15, 0.2) is 5.69 Å². The highest BCUT2D eigenvalue weighted by molar-refractivity contribution is 5.95. The summed E-state index contributed by atoms with van der Waals surface area (Å²) < 4.78 is 12.4. The van der Waals surface area contributed by atoms with Crippen LogP contribution in [-0.2, 0) is 4.79 Å². The van der Waals surface area contributed by atoms with Gasteiger partial charge in [-0.1, -0.05) is 18.2 Å². The molecule has 3 aromatic rings. The number of likely N-dealkylation sites (tertiary alicyclic amines) is 1. The van der Waals surface area contributed by atoms with Crippen molar-refractivity contribution < 1.29 is 19.1 Å². The van der Waals surface area contributed by atoms with Gasteiger partial charge in [0.05, 0.1) is 19.9 Å². The number of amides is 2. The van der Waals surface area contributed by atoms with E-state index in [-0.39, 0.29) is 17.7 Å². The zero-order chi connectivity index (χ0) is 23.4. The van der Waals surface area contributed by atoms with E-state index in [4.69, 9.17) is 9.47 Å². The Labute approximate surface area is 193 Å². The highest BCUT2D eigenvalue weighted by Gasteiger charge is 2.29. The number of aryl methyl sites for hydroxylation is 1. The normalized spacial score (nSPS) is 14.1. The first-order valence-electron chi connectivity index (χ1n) is 10.9. The number of nitrogens with zero attached hydrogens (tertiary/aromatic N) is 3. The molecule has 1 aromatic heterocycles. The fourth-order valence-corrected chi connectivity index (χ4v) is 4.04. The van der Waals surface area contributed by atoms with Gasteiger partial charge >= 0.3 is 0 Å². The number of hydrogen-bond donors (Lipinski definition) is 1. The maximum Gasteiger partial charge on any atom is 0.274 e. The van der Waals surface area contributed by atoms with Crippen molar-refractivity contribution >= 4 is 17.5 Å². The SMILES string of the molecule is COc1ccccc1NC(=O)C1CCN(C(=O)c2ccn(-c3cc(C)ccc3OC)n2)CC1. The minimum Gasteiger partial charge on any atom is -0.495 e. The highest BCUT2D eigenvalue weighted by atomic mass is 16.5. The van der Waals surface area contributed by atoms with Crippen LogP contribution in [0, 0.1) is 12.8 Å². The fraction of sp³-hybridized carbons (Fsp3) is 0.320. The van der Waals surface area contributed by atoms with E-state index in [2.05, 4.69) is 10.4 Å². The third-order valence-corrected chi connectivity index (χ3v) is 5.91. The number of para-hydroxylation sites is 2. The van der Waals surface area contributed by atoms with E-state index in [1.807, 2.05) is 49.4 Å². The summed E-state index contributed by atoms with van der Waals surface area (Å²) in [7, 11) is 3.18. The number of ether oxygens (including phenoxy) is 2. The van der Waals surface area contributed by atoms with Gasteiger partial charge in [0, 0.05) is 25.2 Å². The summed E-state index contributed by atoms with van der Waals surface area (Å²) >= 11 is 0. The van der Waals surface area contributed by atoms with Gasteiger partial charge in [-0.05, 0) is 55.7 Å². The molecule has 0 atom stereocenters. The molecule has 0 saturated carbocycles. The van der Waals surface area contributed by atoms with Crippen molar-refractivity contribution in [3.8, 4) is 17.2 Å². The van der Waals surface area contributed by atoms with E-state index in [9.17, 15) is 9.59 Å². The van der Waals surface area contributed by atoms with Crippen molar-refractivity contribution in [3.05, 3.63) is 66.0 Å². The summed E-state index contributed by atoms with van der Waals surface area (Å²) in [5.41, 5.74) is 2.88. The quantitative estimate of drug-likeness (QED) is 0.622. The molecule has 1 N–H and O–H groups in total. The first kappa shape index (κ1) is 22.4. The van der Waals surface area contributed by atoms with Crippen molar-refractivity contribution in [2.75, 3.05) is 32.6 Å². The molecule has 0 bridgehead atoms. The first-order valence-corrected chi connectivity index (χ1v) is 10.9. The van der Waals surface area contributed by atoms with Crippen LogP contribution in [0.15, 0.2) is 54.7 Å². The van der Waals surface area contributed by atoms with E-state index in [0.717, 1.165) is 11.3 Å². The number of nitrogens with one attached hydrogen (secondary N) is 1. The summed E-state index contributed by atoms with van der Waals surface area (Å²) in [5.74, 6) is 0.961. The van der Waals surface area contributed by atoms with Crippen molar-refractivity contribution in [2.45, 2.75) is 19.8 Å². The van der Waals surface area contributed by atoms with Crippen molar-refractivity contribution in [2.24, 2.45) is 5.92 Å². The van der Waals surface area contributed by atoms with Gasteiger partial charge in [-0.2, -0.15) is 5.10 Å². The predicted octanol–water partition coefficient (Wildman–Crippen LogP) is 3.69. The second-order valence-corrected chi connectivity index (χ2v) is 8.08. The Kier molecular flexibility index (Phi) is 6.63. The number of carbonyl (C=O) groups excluding carboxylic acids is 2. The van der Waals surface area contributed by atoms with Crippen LogP contribution in [0.2, 0.25) is 0 Å². The summed E-state index contributed by atoms with van der Waals surface area (Å²) in [6.07, 6.45) is 2.95. The van der Waals surface area contributed by atoms with Gasteiger partial charge in [0.2, 0.25) is 5.91 Å². The maximum absolute atomic E-state index is 13.0. The number of methoxy groups -OCH3 is 2. The molecule has 2 heterocycles. The second kappa shape index (κ2) is 9.77. The van der Waals surface area contributed by atoms with Crippen LogP contribution in [0.5, 0.6) is 11.5 Å². The molecule has 0 spiro atoms. The van der Waals surface area contributed by atoms with Gasteiger partial charge in [0.1, 0.15) is 17.2 Å². The van der Waals surface area contributed by atoms with E-state index in [1.54, 1.807) is 36.1 Å². The van der Waals surface area contributed by atoms with Crippen LogP contribution in [0.3, 0.4) is 0 Å². The maximum atomic E-state index is 13.0. The topological polar surface area (TPSA) is 85.7 Å². The molecule has 0 radical (unpaired) electrons. The Morgan fingerprint density at radius 1 is 1.00 bits per heavy atom. The molecule has 0 aliphatic carbocycles. The molecule has 1 aliphatic rings. The fourth-order valence-electron chi connectivity index (χ4n) is 4.04. The lowest BCUT2D eigenvalue weighted by Crippen LogP contribution is -2.41. The highest BCUT2D eigenvalue weighted by Crippen LogP contribution is 2.27. The molecule has 2 aromatic carbocycles. The zero-order valence-electron chi connectivity index (χ0n) is 19.1. The molecular weight excluding hydrogens is 420 g/mol. The standard InChI is InChI=1S/C25H28N4O4/c1-17-8-9-23(33-3)21(16-17)29-15-12-20(27-29)25(31)28-13-10-18(11-14-28)24(30)26-19-6-4-5-7-22(19)32-2/h4-9,12,15-16,18H,10-11,13-14H2,1-3H3,(H,26,30). The molecule has 172 valence electrons. The molecule has 0 unspecified atom stereocenters. The lowest BCUT2D eigenvalue weighted by atomic mass is 9.95. The average Bonchev–Trinajstić information content (AvgIpc) is 3.34. The van der Waals surface area contributed by atoms with Gasteiger partial charge < -0.3 is 19.7 Å². The van der Waals surface area contributed by atoms with E-state index >= 15 is 0 Å². The lowest BCUT2D eigenvalue weighted by Gasteiger charge is -2.31. The Hall–Kier alpha value is -3.81. The third kappa shape index (κ3) is 4.84. The number of anilines is 1. The molecule has 1 fully saturated rings. The smallest absolute Gasteiger partial charge is 0.274 e. The summed E-state index contributed by atoms with van der Waals surface area (Å²) in [6, 6.07) is 14.9. The van der Waals surface area contributed by atoms with Crippen LogP contribution < -0.4 is 14.8 Å². The summed E-state index contributed by atoms with van der Waals surface area (Å²) in [6.45, 7) is 3.00. The van der Waals surface area contributed by atoms with E-state index in [1.165, 1.54) is 0 Å². The Bertz CT molecular complexity index is 1150. The predicted molar refractivity (Wildman–Crippen MR) is 125 cm³/mol. The largest absolute Gasteiger partial charge is 0.495 e. The molecule has 1 saturated heterocycles. The van der Waals surface area contributed by atoms with Crippen LogP contribution in [0.25, 0.3) is 5.69 Å². The van der Waals surface area contributed by atoms with Gasteiger partial charge in [0.25, 0.3) is 5.91 Å². The number of rotatable bonds is 6. The van der Waals surface area contributed by atoms with Gasteiger partial charge in [-0.25, -0.2) is 4.68 Å². The molecule has 1 aliphatic heterocycles. The second-order valence-electron chi connectivity index (χ2n) is 8.08. The number of piperidine rings is 1. The number of carbonyl (C=O) groups is 2. The minimum absolute atomic E-state index is 0.0533. The van der Waals surface area contributed by atoms with Crippen LogP contribution in [0.1, 0.15) is 28.9 Å². The molecule has 8 heteroatoms. The minimum atomic E-state index is -0.159. The van der Waals surface area contributed by atoms with Crippen molar-refractivity contribution in [1.29, 1.82) is 0 Å². The van der Waals surface area contributed by atoms with Gasteiger partial charge in [-0.15, -0.1) is 0 Å². The average molecular weight is 449 g/mol. The Balaban J connectivity index is 1.38. The van der Waals surface area contributed by atoms with Crippen molar-refractivity contribution in [1.82, 2.24) is 14.7 Å². The number of hydrogen-bond acceptors (Lipinski definition) is 5. The van der Waals surface area contributed by atoms with E-state index < -0.39 is 0 Å². The van der Waals surface area contributed by atoms with Gasteiger partial charge in [-0.3, -0.25) is 9.59 Å². The van der Waals surface area contributed by atoms with Crippen LogP contribution in [-0.4, -0.2) is 53.8 Å². The molecular formula is C25H28N4O4. The molecule has 2 amide bonds. The summed E-state index contributed by atoms with van der Waals surface area (Å²) in [5, 5.41) is 7.44. The Morgan fingerprint density at radius 2 is 1.73 bits per heavy atom. The number of aromatic nitrogens is 2. The Morgan fingerprint density at radius 3 is 2.45 bits per heavy atom. The first-order chi connectivity index (χ1) is 16.0. The monoisotopic (exact) mass is 448 g/mol. The number of benzene rings is 2. The van der Waals surface area contributed by atoms with E-state index in [0.29, 0.717) is 48.8 Å². The third-order valence-electron chi connectivity index (χ3n) is 5.91. The van der Waals surface area contributed by atoms with Crippen LogP contribution in [0.4, 0.5) is 5.69 Å². The molecule has 8 nitrogen and oxygen atoms in total. The summed E-state index contributed by atoms with van der Waals surface area (Å²) in [4.78, 5) is 27.5. The zero-order valence-corrected chi connectivity index (χ0v) is 19.1.